The van der Waals surface area contributed by atoms with Crippen LogP contribution in [0, 0.1) is 29.6 Å². The van der Waals surface area contributed by atoms with Crippen molar-refractivity contribution in [2.45, 2.75) is 76.5 Å². The van der Waals surface area contributed by atoms with E-state index in [1.165, 1.54) is 11.1 Å². The number of ether oxygens (including phenoxy) is 3. The zero-order chi connectivity index (χ0) is 34.5. The van der Waals surface area contributed by atoms with Crippen molar-refractivity contribution in [3.63, 3.8) is 0 Å². The lowest BCUT2D eigenvalue weighted by atomic mass is 9.64. The van der Waals surface area contributed by atoms with E-state index in [1.54, 1.807) is 6.07 Å². The third kappa shape index (κ3) is 7.25. The minimum atomic E-state index is -2.86. The van der Waals surface area contributed by atoms with Gasteiger partial charge < -0.3 is 24.0 Å². The summed E-state index contributed by atoms with van der Waals surface area (Å²) < 4.78 is 36.3. The van der Waals surface area contributed by atoms with Crippen molar-refractivity contribution in [3.05, 3.63) is 58.1 Å². The fraction of sp³-hybridized carbons (Fsp3) is 0.641. The number of nitrogens with zero attached hydrogens (tertiary/aromatic N) is 2. The Hall–Kier alpha value is -2.30. The second kappa shape index (κ2) is 14.0. The molecule has 3 aliphatic heterocycles. The molecule has 7 rings (SSSR count). The van der Waals surface area contributed by atoms with Gasteiger partial charge >= 0.3 is 0 Å². The molecule has 2 fully saturated rings. The molecule has 7 atom stereocenters. The van der Waals surface area contributed by atoms with Gasteiger partial charge in [0.2, 0.25) is 0 Å². The highest BCUT2D eigenvalue weighted by molar-refractivity contribution is 7.99. The normalized spacial score (nSPS) is 36.9. The fourth-order valence-corrected chi connectivity index (χ4v) is 11.0. The van der Waals surface area contributed by atoms with E-state index in [0.717, 1.165) is 74.5 Å². The van der Waals surface area contributed by atoms with Crippen molar-refractivity contribution in [1.29, 1.82) is 0 Å². The number of hydrogen-bond donors (Lipinski definition) is 1. The van der Waals surface area contributed by atoms with Crippen molar-refractivity contribution >= 4 is 38.8 Å². The molecule has 1 unspecified atom stereocenters. The number of aryl methyl sites for hydroxylation is 1. The average Bonchev–Trinajstić information content (AvgIpc) is 3.20. The number of halogens is 1. The zero-order valence-corrected chi connectivity index (χ0v) is 31.2. The molecule has 2 aliphatic carbocycles. The summed E-state index contributed by atoms with van der Waals surface area (Å²) >= 11 is 6.49. The lowest BCUT2D eigenvalue weighted by molar-refractivity contribution is -0.241. The van der Waals surface area contributed by atoms with E-state index >= 15 is 0 Å². The molecule has 2 bridgehead atoms. The summed E-state index contributed by atoms with van der Waals surface area (Å²) in [5.74, 6) is 6.41. The molecule has 268 valence electrons. The molecule has 1 saturated heterocycles. The highest BCUT2D eigenvalue weighted by Gasteiger charge is 2.47. The number of nitrogens with one attached hydrogen (secondary N) is 1. The van der Waals surface area contributed by atoms with Gasteiger partial charge in [-0.25, -0.2) is 4.21 Å². The number of fused-ring (bicyclic) bond motifs is 4. The number of likely N-dealkylation sites (N-methyl/N-ethyl adjacent to an activating group) is 1. The smallest absolute Gasteiger partial charge is 0.262 e. The maximum atomic E-state index is 13.7. The van der Waals surface area contributed by atoms with Crippen molar-refractivity contribution in [2.75, 3.05) is 57.7 Å². The van der Waals surface area contributed by atoms with E-state index in [0.29, 0.717) is 48.9 Å². The molecule has 1 amide bonds. The Morgan fingerprint density at radius 1 is 1.02 bits per heavy atom. The van der Waals surface area contributed by atoms with Gasteiger partial charge in [0, 0.05) is 50.5 Å². The van der Waals surface area contributed by atoms with E-state index in [4.69, 9.17) is 25.8 Å². The van der Waals surface area contributed by atoms with E-state index < -0.39 is 9.71 Å². The van der Waals surface area contributed by atoms with Gasteiger partial charge in [0.15, 0.2) is 6.29 Å². The molecule has 3 heterocycles. The molecule has 1 N–H and O–H groups in total. The number of rotatable bonds is 2. The molecular weight excluding hydrogens is 658 g/mol. The van der Waals surface area contributed by atoms with Crippen LogP contribution >= 0.6 is 11.6 Å². The fourth-order valence-electron chi connectivity index (χ4n) is 9.13. The van der Waals surface area contributed by atoms with Gasteiger partial charge in [0.05, 0.1) is 31.5 Å². The Balaban J connectivity index is 1.26. The van der Waals surface area contributed by atoms with Crippen LogP contribution < -0.4 is 14.4 Å². The van der Waals surface area contributed by atoms with Crippen LogP contribution in [0.5, 0.6) is 5.75 Å². The Kier molecular flexibility index (Phi) is 10.0. The molecule has 5 aliphatic rings. The standard InChI is InChI=1S/C39H54ClN3O5S/c1-25-8-12-33(38-46-20-31(21-47-38)42(3)4)32-13-9-29(32)19-43-23-39(16-6-7-27-17-30(40)11-14-34(27)39)24-48-36-15-10-28(18-35(36)43)37(44)41-49(5,45)22-26(25)2/h10-11,14-15,17-18,25-26,29,31-33,38H,5-9,12-13,16,19-24H2,1-4H3,(H,41,44,45)/t25-,26+,29-,31?,32+,33-,38?,39-,49?/m0/s1. The van der Waals surface area contributed by atoms with Crippen LogP contribution in [0.15, 0.2) is 36.4 Å². The van der Waals surface area contributed by atoms with Gasteiger partial charge in [-0.2, -0.15) is 0 Å². The van der Waals surface area contributed by atoms with Gasteiger partial charge in [-0.15, -0.1) is 0 Å². The Morgan fingerprint density at radius 2 is 1.80 bits per heavy atom. The molecule has 0 radical (unpaired) electrons. The topological polar surface area (TPSA) is 80.3 Å². The molecular formula is C39H54ClN3O5S. The van der Waals surface area contributed by atoms with Crippen molar-refractivity contribution in [3.8, 4) is 5.75 Å². The van der Waals surface area contributed by atoms with Gasteiger partial charge in [-0.05, 0) is 130 Å². The van der Waals surface area contributed by atoms with Crippen LogP contribution in [-0.2, 0) is 31.0 Å². The monoisotopic (exact) mass is 711 g/mol. The number of benzene rings is 2. The van der Waals surface area contributed by atoms with Gasteiger partial charge in [0.25, 0.3) is 5.91 Å². The summed E-state index contributed by atoms with van der Waals surface area (Å²) in [5.41, 5.74) is 3.83. The lowest BCUT2D eigenvalue weighted by Crippen LogP contribution is -2.52. The molecule has 49 heavy (non-hydrogen) atoms. The van der Waals surface area contributed by atoms with Crippen molar-refractivity contribution in [2.24, 2.45) is 29.6 Å². The van der Waals surface area contributed by atoms with Crippen LogP contribution in [0.3, 0.4) is 0 Å². The molecule has 8 nitrogen and oxygen atoms in total. The predicted octanol–water partition coefficient (Wildman–Crippen LogP) is 6.19. The number of carbonyl (C=O) groups is 1. The van der Waals surface area contributed by atoms with Crippen LogP contribution in [0.1, 0.15) is 73.9 Å². The second-order valence-corrected chi connectivity index (χ2v) is 18.6. The molecule has 2 aromatic rings. The highest BCUT2D eigenvalue weighted by Crippen LogP contribution is 2.49. The Labute approximate surface area is 298 Å². The first-order valence-electron chi connectivity index (χ1n) is 18.3. The van der Waals surface area contributed by atoms with E-state index in [-0.39, 0.29) is 35.5 Å². The van der Waals surface area contributed by atoms with Crippen LogP contribution in [0.25, 0.3) is 0 Å². The number of anilines is 1. The largest absolute Gasteiger partial charge is 0.490 e. The lowest BCUT2D eigenvalue weighted by Gasteiger charge is -2.49. The quantitative estimate of drug-likeness (QED) is 0.373. The van der Waals surface area contributed by atoms with Crippen molar-refractivity contribution in [1.82, 2.24) is 9.62 Å². The Morgan fingerprint density at radius 3 is 2.53 bits per heavy atom. The van der Waals surface area contributed by atoms with Crippen LogP contribution in [0.4, 0.5) is 5.69 Å². The molecule has 2 aromatic carbocycles. The summed E-state index contributed by atoms with van der Waals surface area (Å²) in [6.07, 6.45) is 7.13. The second-order valence-electron chi connectivity index (χ2n) is 16.0. The van der Waals surface area contributed by atoms with Gasteiger partial charge in [0.1, 0.15) is 5.75 Å². The first-order valence-corrected chi connectivity index (χ1v) is 20.6. The minimum Gasteiger partial charge on any atom is -0.490 e. The molecule has 1 spiro atoms. The number of amides is 1. The van der Waals surface area contributed by atoms with Gasteiger partial charge in [-0.1, -0.05) is 31.5 Å². The predicted molar refractivity (Wildman–Crippen MR) is 198 cm³/mol. The summed E-state index contributed by atoms with van der Waals surface area (Å²) in [4.78, 5) is 18.3. The molecule has 0 aromatic heterocycles. The van der Waals surface area contributed by atoms with E-state index in [9.17, 15) is 9.00 Å². The number of hydrogen-bond acceptors (Lipinski definition) is 7. The molecule has 10 heteroatoms. The molecule has 1 saturated carbocycles. The zero-order valence-electron chi connectivity index (χ0n) is 29.6. The highest BCUT2D eigenvalue weighted by atomic mass is 35.5. The first-order chi connectivity index (χ1) is 23.4. The van der Waals surface area contributed by atoms with E-state index in [2.05, 4.69) is 60.5 Å². The minimum absolute atomic E-state index is 0.128. The number of carbonyl (C=O) groups excluding carboxylic acids is 1. The Bertz CT molecular complexity index is 1640. The maximum absolute atomic E-state index is 13.7. The van der Waals surface area contributed by atoms with E-state index in [1.807, 2.05) is 18.2 Å². The SMILES string of the molecule is C=S1(=O)C[C@@H](C)[C@@H](C)CC[C@H](C2OCC(N(C)C)CO2)[C@@H]2CC[C@H]2CN2C[C@@]3(CCCc4cc(Cl)ccc43)COc3ccc(cc32)C(=O)N1. The summed E-state index contributed by atoms with van der Waals surface area (Å²) in [6, 6.07) is 12.3. The summed E-state index contributed by atoms with van der Waals surface area (Å²) in [7, 11) is 1.31. The summed E-state index contributed by atoms with van der Waals surface area (Å²) in [5, 5.41) is 0.771. The van der Waals surface area contributed by atoms with Crippen LogP contribution in [-0.4, -0.2) is 86.0 Å². The maximum Gasteiger partial charge on any atom is 0.262 e. The van der Waals surface area contributed by atoms with Crippen LogP contribution in [0.2, 0.25) is 5.02 Å². The average molecular weight is 712 g/mol. The third-order valence-electron chi connectivity index (χ3n) is 12.5. The first kappa shape index (κ1) is 35.1. The summed E-state index contributed by atoms with van der Waals surface area (Å²) in [6.45, 7) is 7.92. The van der Waals surface area contributed by atoms with Gasteiger partial charge in [-0.3, -0.25) is 9.52 Å². The van der Waals surface area contributed by atoms with Crippen molar-refractivity contribution < 1.29 is 23.2 Å². The third-order valence-corrected chi connectivity index (χ3v) is 14.4.